The monoisotopic (exact) mass is 329 g/mol. The van der Waals surface area contributed by atoms with E-state index in [1.807, 2.05) is 0 Å². The number of carboxylic acids is 1. The standard InChI is InChI=1S/C13H13BrFNO3/c14-9-5-8(6-10(15)7-9)12(17)16-4-2-1-3-11(16)13(18)19/h5-7,11H,1-4H2,(H,18,19)/t11-/m1/s1. The number of likely N-dealkylation sites (tertiary alicyclic amines) is 1. The number of aliphatic carboxylic acids is 1. The van der Waals surface area contributed by atoms with E-state index in [0.717, 1.165) is 18.9 Å². The third kappa shape index (κ3) is 3.12. The molecule has 102 valence electrons. The average Bonchev–Trinajstić information content (AvgIpc) is 2.36. The summed E-state index contributed by atoms with van der Waals surface area (Å²) in [5.41, 5.74) is 0.167. The highest BCUT2D eigenvalue weighted by molar-refractivity contribution is 9.10. The van der Waals surface area contributed by atoms with Gasteiger partial charge in [-0.15, -0.1) is 0 Å². The number of amides is 1. The van der Waals surface area contributed by atoms with Gasteiger partial charge in [0.2, 0.25) is 0 Å². The van der Waals surface area contributed by atoms with Crippen molar-refractivity contribution in [3.8, 4) is 0 Å². The van der Waals surface area contributed by atoms with Crippen molar-refractivity contribution < 1.29 is 19.1 Å². The van der Waals surface area contributed by atoms with Crippen LogP contribution in [0.2, 0.25) is 0 Å². The van der Waals surface area contributed by atoms with Gasteiger partial charge in [0.15, 0.2) is 0 Å². The first kappa shape index (κ1) is 14.0. The Morgan fingerprint density at radius 2 is 2.05 bits per heavy atom. The van der Waals surface area contributed by atoms with Gasteiger partial charge < -0.3 is 10.0 Å². The topological polar surface area (TPSA) is 57.6 Å². The summed E-state index contributed by atoms with van der Waals surface area (Å²) in [5.74, 6) is -1.97. The van der Waals surface area contributed by atoms with Gasteiger partial charge in [0.25, 0.3) is 5.91 Å². The highest BCUT2D eigenvalue weighted by Gasteiger charge is 2.32. The molecule has 2 rings (SSSR count). The summed E-state index contributed by atoms with van der Waals surface area (Å²) in [6.45, 7) is 0.393. The number of hydrogen-bond acceptors (Lipinski definition) is 2. The van der Waals surface area contributed by atoms with E-state index in [1.165, 1.54) is 17.0 Å². The molecule has 0 saturated carbocycles. The van der Waals surface area contributed by atoms with E-state index >= 15 is 0 Å². The summed E-state index contributed by atoms with van der Waals surface area (Å²) < 4.78 is 13.8. The predicted octanol–water partition coefficient (Wildman–Crippen LogP) is 2.67. The van der Waals surface area contributed by atoms with Crippen LogP contribution in [-0.4, -0.2) is 34.5 Å². The smallest absolute Gasteiger partial charge is 0.326 e. The van der Waals surface area contributed by atoms with Crippen molar-refractivity contribution in [2.45, 2.75) is 25.3 Å². The second-order valence-corrected chi connectivity index (χ2v) is 5.42. The fourth-order valence-electron chi connectivity index (χ4n) is 2.27. The molecule has 1 aromatic rings. The van der Waals surface area contributed by atoms with E-state index in [-0.39, 0.29) is 5.56 Å². The largest absolute Gasteiger partial charge is 0.480 e. The van der Waals surface area contributed by atoms with Gasteiger partial charge in [-0.05, 0) is 37.5 Å². The van der Waals surface area contributed by atoms with E-state index in [4.69, 9.17) is 5.11 Å². The van der Waals surface area contributed by atoms with Crippen LogP contribution in [0.25, 0.3) is 0 Å². The Morgan fingerprint density at radius 3 is 2.68 bits per heavy atom. The Kier molecular flexibility index (Phi) is 4.19. The number of carboxylic acid groups (broad SMARTS) is 1. The highest BCUT2D eigenvalue weighted by atomic mass is 79.9. The second kappa shape index (κ2) is 5.69. The maximum atomic E-state index is 13.3. The molecule has 1 amide bonds. The number of carbonyl (C=O) groups excluding carboxylic acids is 1. The van der Waals surface area contributed by atoms with Crippen molar-refractivity contribution in [3.63, 3.8) is 0 Å². The van der Waals surface area contributed by atoms with Crippen LogP contribution >= 0.6 is 15.9 Å². The molecule has 1 heterocycles. The lowest BCUT2D eigenvalue weighted by atomic mass is 10.0. The number of rotatable bonds is 2. The van der Waals surface area contributed by atoms with Crippen molar-refractivity contribution >= 4 is 27.8 Å². The zero-order chi connectivity index (χ0) is 14.0. The third-order valence-electron chi connectivity index (χ3n) is 3.16. The van der Waals surface area contributed by atoms with Crippen LogP contribution in [-0.2, 0) is 4.79 Å². The molecule has 1 atom stereocenters. The van der Waals surface area contributed by atoms with Gasteiger partial charge in [-0.25, -0.2) is 9.18 Å². The van der Waals surface area contributed by atoms with Crippen molar-refractivity contribution in [1.82, 2.24) is 4.90 Å². The van der Waals surface area contributed by atoms with Crippen LogP contribution < -0.4 is 0 Å². The minimum absolute atomic E-state index is 0.167. The van der Waals surface area contributed by atoms with E-state index < -0.39 is 23.7 Å². The number of piperidine rings is 1. The van der Waals surface area contributed by atoms with Gasteiger partial charge in [0, 0.05) is 16.6 Å². The van der Waals surface area contributed by atoms with Crippen molar-refractivity contribution in [3.05, 3.63) is 34.1 Å². The molecule has 1 aromatic carbocycles. The maximum Gasteiger partial charge on any atom is 0.326 e. The average molecular weight is 330 g/mol. The van der Waals surface area contributed by atoms with Crippen LogP contribution in [0, 0.1) is 5.82 Å². The first-order valence-corrected chi connectivity index (χ1v) is 6.78. The summed E-state index contributed by atoms with van der Waals surface area (Å²) in [4.78, 5) is 24.8. The van der Waals surface area contributed by atoms with Crippen LogP contribution in [0.15, 0.2) is 22.7 Å². The van der Waals surface area contributed by atoms with E-state index in [9.17, 15) is 14.0 Å². The molecule has 0 aromatic heterocycles. The molecular weight excluding hydrogens is 317 g/mol. The van der Waals surface area contributed by atoms with Crippen molar-refractivity contribution in [1.29, 1.82) is 0 Å². The summed E-state index contributed by atoms with van der Waals surface area (Å²) >= 11 is 3.12. The minimum Gasteiger partial charge on any atom is -0.480 e. The molecular formula is C13H13BrFNO3. The Balaban J connectivity index is 2.28. The Morgan fingerprint density at radius 1 is 1.32 bits per heavy atom. The van der Waals surface area contributed by atoms with Gasteiger partial charge in [0.05, 0.1) is 0 Å². The Hall–Kier alpha value is -1.43. The molecule has 6 heteroatoms. The fourth-order valence-corrected chi connectivity index (χ4v) is 2.74. The second-order valence-electron chi connectivity index (χ2n) is 4.51. The molecule has 1 aliphatic heterocycles. The lowest BCUT2D eigenvalue weighted by Crippen LogP contribution is -2.48. The number of carbonyl (C=O) groups is 2. The molecule has 0 radical (unpaired) electrons. The molecule has 1 fully saturated rings. The number of nitrogens with zero attached hydrogens (tertiary/aromatic N) is 1. The molecule has 0 aliphatic carbocycles. The van der Waals surface area contributed by atoms with Crippen molar-refractivity contribution in [2.24, 2.45) is 0 Å². The SMILES string of the molecule is O=C(O)[C@H]1CCCCN1C(=O)c1cc(F)cc(Br)c1. The third-order valence-corrected chi connectivity index (χ3v) is 3.62. The van der Waals surface area contributed by atoms with E-state index in [1.54, 1.807) is 0 Å². The molecule has 0 spiro atoms. The van der Waals surface area contributed by atoms with Gasteiger partial charge in [-0.3, -0.25) is 4.79 Å². The molecule has 1 saturated heterocycles. The quantitative estimate of drug-likeness (QED) is 0.907. The van der Waals surface area contributed by atoms with Crippen molar-refractivity contribution in [2.75, 3.05) is 6.54 Å². The molecule has 4 nitrogen and oxygen atoms in total. The summed E-state index contributed by atoms with van der Waals surface area (Å²) in [5, 5.41) is 9.14. The fraction of sp³-hybridized carbons (Fsp3) is 0.385. The van der Waals surface area contributed by atoms with Crippen LogP contribution in [0.5, 0.6) is 0 Å². The highest BCUT2D eigenvalue weighted by Crippen LogP contribution is 2.22. The van der Waals surface area contributed by atoms with Crippen LogP contribution in [0.3, 0.4) is 0 Å². The maximum absolute atomic E-state index is 13.3. The summed E-state index contributed by atoms with van der Waals surface area (Å²) in [6.07, 6.45) is 2.00. The van der Waals surface area contributed by atoms with E-state index in [2.05, 4.69) is 15.9 Å². The lowest BCUT2D eigenvalue weighted by Gasteiger charge is -2.33. The normalized spacial score (nSPS) is 19.3. The molecule has 0 bridgehead atoms. The van der Waals surface area contributed by atoms with Gasteiger partial charge in [-0.1, -0.05) is 15.9 Å². The Bertz CT molecular complexity index is 500. The van der Waals surface area contributed by atoms with Gasteiger partial charge in [-0.2, -0.15) is 0 Å². The lowest BCUT2D eigenvalue weighted by molar-refractivity contribution is -0.143. The summed E-state index contributed by atoms with van der Waals surface area (Å²) in [6, 6.07) is 3.06. The number of hydrogen-bond donors (Lipinski definition) is 1. The zero-order valence-corrected chi connectivity index (χ0v) is 11.7. The molecule has 0 unspecified atom stereocenters. The summed E-state index contributed by atoms with van der Waals surface area (Å²) in [7, 11) is 0. The predicted molar refractivity (Wildman–Crippen MR) is 70.4 cm³/mol. The van der Waals surface area contributed by atoms with Crippen LogP contribution in [0.1, 0.15) is 29.6 Å². The van der Waals surface area contributed by atoms with E-state index in [0.29, 0.717) is 17.4 Å². The van der Waals surface area contributed by atoms with Crippen LogP contribution in [0.4, 0.5) is 4.39 Å². The number of benzene rings is 1. The Labute approximate surface area is 118 Å². The first-order chi connectivity index (χ1) is 8.99. The number of halogens is 2. The zero-order valence-electron chi connectivity index (χ0n) is 10.1. The first-order valence-electron chi connectivity index (χ1n) is 5.99. The molecule has 19 heavy (non-hydrogen) atoms. The minimum atomic E-state index is -1.01. The van der Waals surface area contributed by atoms with Gasteiger partial charge in [0.1, 0.15) is 11.9 Å². The molecule has 1 N–H and O–H groups in total. The van der Waals surface area contributed by atoms with Gasteiger partial charge >= 0.3 is 5.97 Å². The molecule has 1 aliphatic rings.